The van der Waals surface area contributed by atoms with Crippen LogP contribution in [0.25, 0.3) is 0 Å². The number of amides is 1. The molecule has 0 spiro atoms. The van der Waals surface area contributed by atoms with E-state index in [1.54, 1.807) is 6.08 Å². The molecular formula is C51H104N2O6P+. The molecule has 0 aromatic heterocycles. The van der Waals surface area contributed by atoms with Gasteiger partial charge in [0.15, 0.2) is 0 Å². The van der Waals surface area contributed by atoms with Crippen molar-refractivity contribution in [2.45, 2.75) is 270 Å². The summed E-state index contributed by atoms with van der Waals surface area (Å²) < 4.78 is 23.7. The van der Waals surface area contributed by atoms with Gasteiger partial charge in [-0.25, -0.2) is 4.57 Å². The number of aliphatic hydroxyl groups is 1. The number of nitrogens with one attached hydrogen (secondary N) is 1. The van der Waals surface area contributed by atoms with Crippen LogP contribution in [0, 0.1) is 0 Å². The zero-order valence-corrected chi connectivity index (χ0v) is 41.6. The van der Waals surface area contributed by atoms with E-state index >= 15 is 0 Å². The minimum absolute atomic E-state index is 0.0650. The number of aliphatic hydroxyl groups excluding tert-OH is 1. The number of allylic oxidation sites excluding steroid dienone is 1. The van der Waals surface area contributed by atoms with E-state index in [2.05, 4.69) is 19.2 Å². The molecule has 60 heavy (non-hydrogen) atoms. The maximum atomic E-state index is 12.9. The lowest BCUT2D eigenvalue weighted by atomic mass is 10.0. The zero-order valence-electron chi connectivity index (χ0n) is 40.7. The lowest BCUT2D eigenvalue weighted by molar-refractivity contribution is -0.870. The minimum Gasteiger partial charge on any atom is -0.387 e. The molecule has 0 heterocycles. The molecule has 3 atom stereocenters. The van der Waals surface area contributed by atoms with E-state index in [4.69, 9.17) is 9.05 Å². The fraction of sp³-hybridized carbons (Fsp3) is 0.941. The van der Waals surface area contributed by atoms with Crippen molar-refractivity contribution < 1.29 is 32.9 Å². The van der Waals surface area contributed by atoms with Crippen LogP contribution in [0.1, 0.15) is 258 Å². The van der Waals surface area contributed by atoms with Crippen molar-refractivity contribution in [2.24, 2.45) is 0 Å². The molecule has 0 saturated heterocycles. The van der Waals surface area contributed by atoms with Crippen LogP contribution in [0.4, 0.5) is 0 Å². The minimum atomic E-state index is -4.34. The summed E-state index contributed by atoms with van der Waals surface area (Å²) in [5.74, 6) is -0.171. The first-order chi connectivity index (χ1) is 29.0. The van der Waals surface area contributed by atoms with Gasteiger partial charge in [0.05, 0.1) is 39.9 Å². The van der Waals surface area contributed by atoms with E-state index in [9.17, 15) is 19.4 Å². The van der Waals surface area contributed by atoms with E-state index in [0.29, 0.717) is 17.4 Å². The summed E-state index contributed by atoms with van der Waals surface area (Å²) in [6, 6.07) is -0.841. The van der Waals surface area contributed by atoms with E-state index in [1.807, 2.05) is 27.2 Å². The molecule has 3 unspecified atom stereocenters. The van der Waals surface area contributed by atoms with E-state index < -0.39 is 20.0 Å². The lowest BCUT2D eigenvalue weighted by Gasteiger charge is -2.25. The molecule has 0 rings (SSSR count). The average molecular weight is 872 g/mol. The Balaban J connectivity index is 4.25. The van der Waals surface area contributed by atoms with Crippen LogP contribution in [0.3, 0.4) is 0 Å². The van der Waals surface area contributed by atoms with Crippen LogP contribution in [0.15, 0.2) is 12.2 Å². The van der Waals surface area contributed by atoms with Gasteiger partial charge in [-0.15, -0.1) is 0 Å². The fourth-order valence-corrected chi connectivity index (χ4v) is 8.60. The van der Waals surface area contributed by atoms with Gasteiger partial charge in [-0.2, -0.15) is 0 Å². The Bertz CT molecular complexity index is 989. The van der Waals surface area contributed by atoms with Crippen molar-refractivity contribution in [3.05, 3.63) is 12.2 Å². The Morgan fingerprint density at radius 2 is 0.883 bits per heavy atom. The molecule has 0 aromatic rings. The van der Waals surface area contributed by atoms with Crippen molar-refractivity contribution in [2.75, 3.05) is 40.9 Å². The lowest BCUT2D eigenvalue weighted by Crippen LogP contribution is -2.45. The topological polar surface area (TPSA) is 105 Å². The highest BCUT2D eigenvalue weighted by Crippen LogP contribution is 2.43. The molecule has 9 heteroatoms. The Hall–Kier alpha value is -0.760. The Morgan fingerprint density at radius 3 is 1.23 bits per heavy atom. The number of hydrogen-bond acceptors (Lipinski definition) is 5. The fourth-order valence-electron chi connectivity index (χ4n) is 7.87. The number of likely N-dealkylation sites (N-methyl/N-ethyl adjacent to an activating group) is 1. The predicted molar refractivity (Wildman–Crippen MR) is 259 cm³/mol. The van der Waals surface area contributed by atoms with Crippen molar-refractivity contribution in [1.82, 2.24) is 5.32 Å². The molecular weight excluding hydrogens is 768 g/mol. The van der Waals surface area contributed by atoms with E-state index in [0.717, 1.165) is 32.1 Å². The Kier molecular flexibility index (Phi) is 42.9. The van der Waals surface area contributed by atoms with Gasteiger partial charge >= 0.3 is 7.82 Å². The molecule has 0 aliphatic heterocycles. The zero-order chi connectivity index (χ0) is 44.3. The van der Waals surface area contributed by atoms with Gasteiger partial charge in [0, 0.05) is 6.42 Å². The summed E-state index contributed by atoms with van der Waals surface area (Å²) in [5, 5.41) is 13.9. The first-order valence-corrected chi connectivity index (χ1v) is 27.6. The number of quaternary nitrogens is 1. The summed E-state index contributed by atoms with van der Waals surface area (Å²) in [6.45, 7) is 4.85. The molecule has 0 radical (unpaired) electrons. The molecule has 0 aliphatic rings. The maximum absolute atomic E-state index is 12.9. The first-order valence-electron chi connectivity index (χ1n) is 26.1. The van der Waals surface area contributed by atoms with Crippen LogP contribution in [-0.4, -0.2) is 73.4 Å². The SMILES string of the molecule is CCCCCCCCCCCCCCCCC/C=C/C(O)C(COP(=O)(O)OCC[N+](C)(C)C)NC(=O)CCCCCCCCCCCCCCCCCCCCCCC. The van der Waals surface area contributed by atoms with Crippen LogP contribution in [0.2, 0.25) is 0 Å². The summed E-state index contributed by atoms with van der Waals surface area (Å²) >= 11 is 0. The quantitative estimate of drug-likeness (QED) is 0.0243. The third kappa shape index (κ3) is 45.3. The highest BCUT2D eigenvalue weighted by molar-refractivity contribution is 7.47. The number of carbonyl (C=O) groups is 1. The van der Waals surface area contributed by atoms with Crippen molar-refractivity contribution in [3.63, 3.8) is 0 Å². The second-order valence-corrected chi connectivity index (χ2v) is 20.7. The number of phosphoric acid groups is 1. The van der Waals surface area contributed by atoms with E-state index in [-0.39, 0.29) is 19.1 Å². The van der Waals surface area contributed by atoms with E-state index in [1.165, 1.54) is 205 Å². The third-order valence-electron chi connectivity index (χ3n) is 12.0. The van der Waals surface area contributed by atoms with Gasteiger partial charge in [-0.1, -0.05) is 244 Å². The first kappa shape index (κ1) is 59.2. The Labute approximate surface area is 373 Å². The average Bonchev–Trinajstić information content (AvgIpc) is 3.20. The van der Waals surface area contributed by atoms with Crippen molar-refractivity contribution in [3.8, 4) is 0 Å². The summed E-state index contributed by atoms with van der Waals surface area (Å²) in [7, 11) is 1.59. The highest BCUT2D eigenvalue weighted by atomic mass is 31.2. The Morgan fingerprint density at radius 1 is 0.550 bits per heavy atom. The van der Waals surface area contributed by atoms with Crippen LogP contribution in [-0.2, 0) is 18.4 Å². The molecule has 0 bridgehead atoms. The number of phosphoric ester groups is 1. The second kappa shape index (κ2) is 43.5. The smallest absolute Gasteiger partial charge is 0.387 e. The summed E-state index contributed by atoms with van der Waals surface area (Å²) in [6.07, 6.45) is 51.4. The highest BCUT2D eigenvalue weighted by Gasteiger charge is 2.27. The van der Waals surface area contributed by atoms with Gasteiger partial charge < -0.3 is 19.8 Å². The number of carbonyl (C=O) groups excluding carboxylic acids is 1. The molecule has 0 aromatic carbocycles. The second-order valence-electron chi connectivity index (χ2n) is 19.3. The normalized spacial score (nSPS) is 14.2. The van der Waals surface area contributed by atoms with Crippen LogP contribution in [0.5, 0.6) is 0 Å². The maximum Gasteiger partial charge on any atom is 0.472 e. The van der Waals surface area contributed by atoms with Gasteiger partial charge in [0.25, 0.3) is 0 Å². The summed E-state index contributed by atoms with van der Waals surface area (Å²) in [4.78, 5) is 23.2. The molecule has 0 fully saturated rings. The molecule has 0 aliphatic carbocycles. The third-order valence-corrected chi connectivity index (χ3v) is 13.0. The van der Waals surface area contributed by atoms with Gasteiger partial charge in [0.2, 0.25) is 5.91 Å². The van der Waals surface area contributed by atoms with Crippen LogP contribution >= 0.6 is 7.82 Å². The van der Waals surface area contributed by atoms with Gasteiger partial charge in [-0.3, -0.25) is 13.8 Å². The molecule has 358 valence electrons. The predicted octanol–water partition coefficient (Wildman–Crippen LogP) is 15.1. The monoisotopic (exact) mass is 872 g/mol. The van der Waals surface area contributed by atoms with Crippen molar-refractivity contribution >= 4 is 13.7 Å². The number of unbranched alkanes of at least 4 members (excludes halogenated alkanes) is 35. The molecule has 8 nitrogen and oxygen atoms in total. The summed E-state index contributed by atoms with van der Waals surface area (Å²) in [5.41, 5.74) is 0. The largest absolute Gasteiger partial charge is 0.472 e. The number of hydrogen-bond donors (Lipinski definition) is 3. The standard InChI is InChI=1S/C51H103N2O6P/c1-6-8-10-12-14-16-18-20-22-24-25-26-27-29-31-33-35-37-39-41-43-45-51(55)52-49(48-59-60(56,57)58-47-46-53(3,4)5)50(54)44-42-40-38-36-34-32-30-28-23-21-19-17-15-13-11-9-7-2/h42,44,49-50,54H,6-41,43,45-48H2,1-5H3,(H-,52,55,56,57)/p+1/b44-42+. The van der Waals surface area contributed by atoms with Crippen molar-refractivity contribution in [1.29, 1.82) is 0 Å². The van der Waals surface area contributed by atoms with Crippen LogP contribution < -0.4 is 5.32 Å². The van der Waals surface area contributed by atoms with Gasteiger partial charge in [-0.05, 0) is 19.3 Å². The molecule has 1 amide bonds. The molecule has 0 saturated carbocycles. The number of rotatable bonds is 48. The van der Waals surface area contributed by atoms with Gasteiger partial charge in [0.1, 0.15) is 13.2 Å². The molecule has 3 N–H and O–H groups in total. The number of nitrogens with zero attached hydrogens (tertiary/aromatic N) is 1.